The van der Waals surface area contributed by atoms with E-state index in [-0.39, 0.29) is 11.9 Å². The highest BCUT2D eigenvalue weighted by molar-refractivity contribution is 5.73. The lowest BCUT2D eigenvalue weighted by atomic mass is 10.2. The Morgan fingerprint density at radius 3 is 2.79 bits per heavy atom. The second-order valence-corrected chi connectivity index (χ2v) is 4.65. The average Bonchev–Trinajstić information content (AvgIpc) is 2.70. The molecule has 0 aliphatic carbocycles. The van der Waals surface area contributed by atoms with Crippen molar-refractivity contribution in [3.05, 3.63) is 18.0 Å². The van der Waals surface area contributed by atoms with Crippen LogP contribution in [-0.2, 0) is 11.3 Å². The number of rotatable bonds is 4. The second-order valence-electron chi connectivity index (χ2n) is 4.65. The number of aliphatic hydroxyl groups excluding tert-OH is 1. The maximum absolute atomic E-state index is 11.0. The van der Waals surface area contributed by atoms with Gasteiger partial charge in [0.15, 0.2) is 0 Å². The first-order chi connectivity index (χ1) is 9.08. The molecule has 0 unspecified atom stereocenters. The number of carbonyl (C=O) groups excluding carboxylic acids is 1. The van der Waals surface area contributed by atoms with E-state index in [4.69, 9.17) is 4.74 Å². The summed E-state index contributed by atoms with van der Waals surface area (Å²) in [6, 6.07) is 0.123. The van der Waals surface area contributed by atoms with E-state index in [1.54, 1.807) is 12.4 Å². The largest absolute Gasteiger partial charge is 0.467 e. The van der Waals surface area contributed by atoms with Gasteiger partial charge in [0.25, 0.3) is 0 Å². The summed E-state index contributed by atoms with van der Waals surface area (Å²) in [5, 5.41) is 12.6. The third kappa shape index (κ3) is 3.62. The molecule has 1 aromatic rings. The number of hydrogen-bond acceptors (Lipinski definition) is 6. The van der Waals surface area contributed by atoms with Gasteiger partial charge < -0.3 is 15.2 Å². The van der Waals surface area contributed by atoms with Crippen LogP contribution >= 0.6 is 0 Å². The summed E-state index contributed by atoms with van der Waals surface area (Å²) in [4.78, 5) is 21.1. The fourth-order valence-corrected chi connectivity index (χ4v) is 2.19. The number of amides is 1. The van der Waals surface area contributed by atoms with Gasteiger partial charge in [-0.2, -0.15) is 0 Å². The predicted octanol–water partition coefficient (Wildman–Crippen LogP) is -0.834. The first-order valence-corrected chi connectivity index (χ1v) is 6.11. The predicted molar refractivity (Wildman–Crippen MR) is 67.5 cm³/mol. The number of aromatic nitrogens is 2. The van der Waals surface area contributed by atoms with E-state index in [1.807, 2.05) is 0 Å². The molecule has 0 saturated carbocycles. The van der Waals surface area contributed by atoms with Gasteiger partial charge in [-0.3, -0.25) is 9.69 Å². The monoisotopic (exact) mass is 266 g/mol. The maximum Gasteiger partial charge on any atom is 0.316 e. The van der Waals surface area contributed by atoms with E-state index in [0.29, 0.717) is 25.6 Å². The van der Waals surface area contributed by atoms with Gasteiger partial charge in [0.1, 0.15) is 0 Å². The zero-order valence-electron chi connectivity index (χ0n) is 11.0. The van der Waals surface area contributed by atoms with Gasteiger partial charge in [-0.1, -0.05) is 0 Å². The third-order valence-electron chi connectivity index (χ3n) is 3.02. The maximum atomic E-state index is 11.0. The van der Waals surface area contributed by atoms with Gasteiger partial charge in [-0.05, 0) is 0 Å². The van der Waals surface area contributed by atoms with E-state index in [9.17, 15) is 9.90 Å². The molecule has 0 radical (unpaired) electrons. The molecule has 1 fully saturated rings. The van der Waals surface area contributed by atoms with Crippen LogP contribution in [0.15, 0.2) is 12.4 Å². The number of methoxy groups -OCH3 is 1. The highest BCUT2D eigenvalue weighted by Crippen LogP contribution is 2.14. The van der Waals surface area contributed by atoms with Crippen molar-refractivity contribution in [3.8, 4) is 6.01 Å². The number of carbonyl (C=O) groups is 1. The van der Waals surface area contributed by atoms with Crippen molar-refractivity contribution >= 4 is 5.91 Å². The van der Waals surface area contributed by atoms with Crippen LogP contribution in [0.4, 0.5) is 0 Å². The first kappa shape index (κ1) is 13.7. The van der Waals surface area contributed by atoms with Crippen LogP contribution in [0.25, 0.3) is 0 Å². The van der Waals surface area contributed by atoms with Crippen molar-refractivity contribution in [3.63, 3.8) is 0 Å². The SMILES string of the molecule is COc1ncc(CN2C[C@@H](O)[C@H](NC(C)=O)C2)cn1. The number of nitrogens with zero attached hydrogens (tertiary/aromatic N) is 3. The molecule has 2 rings (SSSR count). The highest BCUT2D eigenvalue weighted by Gasteiger charge is 2.31. The topological polar surface area (TPSA) is 87.6 Å². The number of β-amino-alcohol motifs (C(OH)–C–C–N with tert-alkyl or cyclic N) is 1. The van der Waals surface area contributed by atoms with E-state index in [1.165, 1.54) is 14.0 Å². The third-order valence-corrected chi connectivity index (χ3v) is 3.02. The van der Waals surface area contributed by atoms with E-state index < -0.39 is 6.10 Å². The van der Waals surface area contributed by atoms with E-state index in [2.05, 4.69) is 20.2 Å². The number of likely N-dealkylation sites (tertiary alicyclic amines) is 1. The average molecular weight is 266 g/mol. The summed E-state index contributed by atoms with van der Waals surface area (Å²) in [6.07, 6.45) is 2.86. The van der Waals surface area contributed by atoms with Crippen LogP contribution in [0.2, 0.25) is 0 Å². The smallest absolute Gasteiger partial charge is 0.316 e. The molecule has 2 N–H and O–H groups in total. The second kappa shape index (κ2) is 5.94. The van der Waals surface area contributed by atoms with Crippen molar-refractivity contribution in [2.45, 2.75) is 25.6 Å². The molecule has 2 heterocycles. The Balaban J connectivity index is 1.91. The summed E-state index contributed by atoms with van der Waals surface area (Å²) < 4.78 is 4.89. The van der Waals surface area contributed by atoms with Crippen LogP contribution in [-0.4, -0.2) is 58.2 Å². The number of ether oxygens (including phenoxy) is 1. The van der Waals surface area contributed by atoms with Gasteiger partial charge in [0, 0.05) is 44.5 Å². The lowest BCUT2D eigenvalue weighted by Crippen LogP contribution is -2.41. The molecule has 1 aliphatic rings. The molecule has 0 bridgehead atoms. The minimum atomic E-state index is -0.539. The Morgan fingerprint density at radius 2 is 2.21 bits per heavy atom. The van der Waals surface area contributed by atoms with Gasteiger partial charge in [-0.15, -0.1) is 0 Å². The van der Waals surface area contributed by atoms with Crippen molar-refractivity contribution < 1.29 is 14.6 Å². The molecular formula is C12H18N4O3. The Labute approximate surface area is 111 Å². The lowest BCUT2D eigenvalue weighted by molar-refractivity contribution is -0.120. The van der Waals surface area contributed by atoms with Crippen molar-refractivity contribution in [1.29, 1.82) is 0 Å². The first-order valence-electron chi connectivity index (χ1n) is 6.11. The Bertz CT molecular complexity index is 437. The lowest BCUT2D eigenvalue weighted by Gasteiger charge is -2.15. The molecule has 1 amide bonds. The molecule has 7 nitrogen and oxygen atoms in total. The van der Waals surface area contributed by atoms with Crippen LogP contribution in [0, 0.1) is 0 Å². The summed E-state index contributed by atoms with van der Waals surface area (Å²) in [7, 11) is 1.52. The van der Waals surface area contributed by atoms with Crippen molar-refractivity contribution in [1.82, 2.24) is 20.2 Å². The molecule has 104 valence electrons. The summed E-state index contributed by atoms with van der Waals surface area (Å²) in [6.45, 7) is 3.23. The minimum absolute atomic E-state index is 0.126. The molecule has 1 saturated heterocycles. The standard InChI is InChI=1S/C12H18N4O3/c1-8(17)15-10-6-16(7-11(10)18)5-9-3-13-12(19-2)14-4-9/h3-4,10-11,18H,5-7H2,1-2H3,(H,15,17)/t10-,11-/m1/s1. The molecule has 7 heteroatoms. The van der Waals surface area contributed by atoms with Gasteiger partial charge in [-0.25, -0.2) is 9.97 Å². The quantitative estimate of drug-likeness (QED) is 0.739. The van der Waals surface area contributed by atoms with Crippen LogP contribution < -0.4 is 10.1 Å². The van der Waals surface area contributed by atoms with Crippen LogP contribution in [0.5, 0.6) is 6.01 Å². The highest BCUT2D eigenvalue weighted by atomic mass is 16.5. The summed E-state index contributed by atoms with van der Waals surface area (Å²) in [5.74, 6) is -0.126. The molecule has 0 spiro atoms. The Hall–Kier alpha value is -1.73. The molecular weight excluding hydrogens is 248 g/mol. The van der Waals surface area contributed by atoms with Crippen molar-refractivity contribution in [2.75, 3.05) is 20.2 Å². The molecule has 0 aromatic carbocycles. The van der Waals surface area contributed by atoms with Crippen molar-refractivity contribution in [2.24, 2.45) is 0 Å². The number of aliphatic hydroxyl groups is 1. The Kier molecular flexibility index (Phi) is 4.28. The number of hydrogen-bond donors (Lipinski definition) is 2. The van der Waals surface area contributed by atoms with Crippen LogP contribution in [0.1, 0.15) is 12.5 Å². The molecule has 1 aromatic heterocycles. The fourth-order valence-electron chi connectivity index (χ4n) is 2.19. The Morgan fingerprint density at radius 1 is 1.53 bits per heavy atom. The van der Waals surface area contributed by atoms with Gasteiger partial charge in [0.05, 0.1) is 19.3 Å². The van der Waals surface area contributed by atoms with Crippen LogP contribution in [0.3, 0.4) is 0 Å². The molecule has 19 heavy (non-hydrogen) atoms. The van der Waals surface area contributed by atoms with E-state index in [0.717, 1.165) is 5.56 Å². The number of nitrogens with one attached hydrogen (secondary N) is 1. The minimum Gasteiger partial charge on any atom is -0.467 e. The zero-order valence-corrected chi connectivity index (χ0v) is 11.0. The molecule has 1 aliphatic heterocycles. The van der Waals surface area contributed by atoms with Gasteiger partial charge in [0.2, 0.25) is 5.91 Å². The summed E-state index contributed by atoms with van der Waals surface area (Å²) in [5.41, 5.74) is 0.941. The van der Waals surface area contributed by atoms with E-state index >= 15 is 0 Å². The van der Waals surface area contributed by atoms with Gasteiger partial charge >= 0.3 is 6.01 Å². The molecule has 2 atom stereocenters. The zero-order chi connectivity index (χ0) is 13.8. The normalized spacial score (nSPS) is 23.3. The summed E-state index contributed by atoms with van der Waals surface area (Å²) >= 11 is 0. The fraction of sp³-hybridized carbons (Fsp3) is 0.583.